The Labute approximate surface area is 72.7 Å². The summed E-state index contributed by atoms with van der Waals surface area (Å²) < 4.78 is 4.67. The van der Waals surface area contributed by atoms with Gasteiger partial charge in [0, 0.05) is 0 Å². The minimum Gasteiger partial charge on any atom is -0.490 e. The molecule has 0 spiro atoms. The summed E-state index contributed by atoms with van der Waals surface area (Å²) in [5, 5.41) is 8.90. The molecule has 60 valence electrons. The lowest BCUT2D eigenvalue weighted by atomic mass is 10.6. The first-order chi connectivity index (χ1) is 5.15. The highest BCUT2D eigenvalue weighted by Crippen LogP contribution is 2.31. The van der Waals surface area contributed by atoms with Gasteiger partial charge in [-0.1, -0.05) is 11.6 Å². The van der Waals surface area contributed by atoms with E-state index >= 15 is 0 Å². The normalized spacial score (nSPS) is 9.73. The molecule has 1 aromatic rings. The maximum absolute atomic E-state index is 9.03. The zero-order valence-corrected chi connectivity index (χ0v) is 7.02. The van der Waals surface area contributed by atoms with Crippen LogP contribution in [0, 0.1) is 0 Å². The number of methoxy groups -OCH3 is 1. The summed E-state index contributed by atoms with van der Waals surface area (Å²) in [4.78, 5) is 6.95. The van der Waals surface area contributed by atoms with Crippen molar-refractivity contribution >= 4 is 23.2 Å². The van der Waals surface area contributed by atoms with Gasteiger partial charge in [0.05, 0.1) is 7.11 Å². The fourth-order valence-electron chi connectivity index (χ4n) is 0.563. The van der Waals surface area contributed by atoms with Crippen LogP contribution in [0.5, 0.6) is 11.6 Å². The largest absolute Gasteiger partial charge is 0.490 e. The van der Waals surface area contributed by atoms with Crippen LogP contribution in [0.3, 0.4) is 0 Å². The predicted molar refractivity (Wildman–Crippen MR) is 40.3 cm³/mol. The maximum atomic E-state index is 9.03. The van der Waals surface area contributed by atoms with Crippen molar-refractivity contribution in [1.82, 2.24) is 9.97 Å². The smallest absolute Gasteiger partial charge is 0.260 e. The van der Waals surface area contributed by atoms with E-state index in [0.717, 1.165) is 0 Å². The van der Waals surface area contributed by atoms with E-state index in [4.69, 9.17) is 28.3 Å². The fourth-order valence-corrected chi connectivity index (χ4v) is 1.01. The van der Waals surface area contributed by atoms with Gasteiger partial charge >= 0.3 is 0 Å². The molecule has 0 unspecified atom stereocenters. The molecule has 1 heterocycles. The Kier molecular flexibility index (Phi) is 2.36. The van der Waals surface area contributed by atoms with Gasteiger partial charge in [0.1, 0.15) is 0 Å². The standard InChI is InChI=1S/C5H4Cl2N2O2/c1-11-2-3(6)8-5(7)9-4(2)10/h1H3,(H,8,9,10). The van der Waals surface area contributed by atoms with E-state index in [9.17, 15) is 0 Å². The summed E-state index contributed by atoms with van der Waals surface area (Å²) >= 11 is 10.9. The molecule has 0 aliphatic rings. The Bertz CT molecular complexity index is 256. The summed E-state index contributed by atoms with van der Waals surface area (Å²) in [6.07, 6.45) is 0. The molecule has 4 nitrogen and oxygen atoms in total. The van der Waals surface area contributed by atoms with Crippen molar-refractivity contribution in [3.63, 3.8) is 0 Å². The highest BCUT2D eigenvalue weighted by Gasteiger charge is 2.10. The van der Waals surface area contributed by atoms with E-state index in [1.807, 2.05) is 0 Å². The van der Waals surface area contributed by atoms with Crippen molar-refractivity contribution in [2.75, 3.05) is 7.11 Å². The van der Waals surface area contributed by atoms with E-state index in [2.05, 4.69) is 14.7 Å². The highest BCUT2D eigenvalue weighted by atomic mass is 35.5. The number of aromatic nitrogens is 2. The second-order valence-corrected chi connectivity index (χ2v) is 2.34. The second-order valence-electron chi connectivity index (χ2n) is 1.64. The quantitative estimate of drug-likeness (QED) is 0.544. The van der Waals surface area contributed by atoms with Gasteiger partial charge in [0.25, 0.3) is 5.88 Å². The van der Waals surface area contributed by atoms with Crippen LogP contribution in [-0.2, 0) is 0 Å². The molecule has 0 atom stereocenters. The van der Waals surface area contributed by atoms with E-state index in [0.29, 0.717) is 0 Å². The monoisotopic (exact) mass is 194 g/mol. The molecule has 6 heteroatoms. The zero-order chi connectivity index (χ0) is 8.43. The predicted octanol–water partition coefficient (Wildman–Crippen LogP) is 1.50. The summed E-state index contributed by atoms with van der Waals surface area (Å²) in [6, 6.07) is 0. The van der Waals surface area contributed by atoms with Crippen molar-refractivity contribution < 1.29 is 9.84 Å². The number of rotatable bonds is 1. The molecule has 0 fully saturated rings. The number of halogens is 2. The molecule has 0 aliphatic carbocycles. The van der Waals surface area contributed by atoms with E-state index in [1.165, 1.54) is 7.11 Å². The van der Waals surface area contributed by atoms with Gasteiger partial charge in [-0.3, -0.25) is 0 Å². The topological polar surface area (TPSA) is 55.2 Å². The Hall–Kier alpha value is -0.740. The molecule has 1 rings (SSSR count). The minimum atomic E-state index is -0.363. The van der Waals surface area contributed by atoms with E-state index in [-0.39, 0.29) is 22.1 Å². The Balaban J connectivity index is 3.25. The third-order valence-electron chi connectivity index (χ3n) is 0.983. The van der Waals surface area contributed by atoms with E-state index < -0.39 is 0 Å². The third-order valence-corrected chi connectivity index (χ3v) is 1.41. The van der Waals surface area contributed by atoms with Crippen molar-refractivity contribution in [3.8, 4) is 11.6 Å². The van der Waals surface area contributed by atoms with Crippen LogP contribution in [0.1, 0.15) is 0 Å². The van der Waals surface area contributed by atoms with Crippen LogP contribution in [0.2, 0.25) is 10.4 Å². The van der Waals surface area contributed by atoms with Crippen LogP contribution in [0.15, 0.2) is 0 Å². The molecule has 0 saturated heterocycles. The summed E-state index contributed by atoms with van der Waals surface area (Å²) in [6.45, 7) is 0. The van der Waals surface area contributed by atoms with Gasteiger partial charge in [-0.2, -0.15) is 4.98 Å². The van der Waals surface area contributed by atoms with Gasteiger partial charge < -0.3 is 9.84 Å². The molecular formula is C5H4Cl2N2O2. The first kappa shape index (κ1) is 8.36. The van der Waals surface area contributed by atoms with Crippen LogP contribution < -0.4 is 4.74 Å². The zero-order valence-electron chi connectivity index (χ0n) is 5.51. The molecule has 0 amide bonds. The summed E-state index contributed by atoms with van der Waals surface area (Å²) in [5.41, 5.74) is 0. The summed E-state index contributed by atoms with van der Waals surface area (Å²) in [7, 11) is 1.35. The van der Waals surface area contributed by atoms with Crippen LogP contribution in [0.25, 0.3) is 0 Å². The summed E-state index contributed by atoms with van der Waals surface area (Å²) in [5.74, 6) is -0.339. The molecule has 11 heavy (non-hydrogen) atoms. The van der Waals surface area contributed by atoms with Crippen LogP contribution in [0.4, 0.5) is 0 Å². The van der Waals surface area contributed by atoms with Crippen molar-refractivity contribution in [2.45, 2.75) is 0 Å². The Morgan fingerprint density at radius 1 is 1.36 bits per heavy atom. The molecular weight excluding hydrogens is 191 g/mol. The lowest BCUT2D eigenvalue weighted by molar-refractivity contribution is 0.361. The number of ether oxygens (including phenoxy) is 1. The first-order valence-electron chi connectivity index (χ1n) is 2.61. The molecule has 0 saturated carbocycles. The van der Waals surface area contributed by atoms with E-state index in [1.54, 1.807) is 0 Å². The average Bonchev–Trinajstić information content (AvgIpc) is 1.85. The van der Waals surface area contributed by atoms with Gasteiger partial charge in [0.15, 0.2) is 5.15 Å². The molecule has 0 radical (unpaired) electrons. The molecule has 1 aromatic heterocycles. The van der Waals surface area contributed by atoms with Crippen LogP contribution >= 0.6 is 23.2 Å². The lowest BCUT2D eigenvalue weighted by Crippen LogP contribution is -1.91. The Morgan fingerprint density at radius 3 is 2.45 bits per heavy atom. The SMILES string of the molecule is COc1c(O)nc(Cl)nc1Cl. The van der Waals surface area contributed by atoms with Crippen LogP contribution in [-0.4, -0.2) is 22.2 Å². The van der Waals surface area contributed by atoms with Crippen molar-refractivity contribution in [1.29, 1.82) is 0 Å². The first-order valence-corrected chi connectivity index (χ1v) is 3.36. The van der Waals surface area contributed by atoms with Gasteiger partial charge in [-0.25, -0.2) is 4.98 Å². The van der Waals surface area contributed by atoms with Gasteiger partial charge in [0.2, 0.25) is 11.0 Å². The fraction of sp³-hybridized carbons (Fsp3) is 0.200. The Morgan fingerprint density at radius 2 is 2.00 bits per heavy atom. The number of hydrogen-bond donors (Lipinski definition) is 1. The number of hydrogen-bond acceptors (Lipinski definition) is 4. The lowest BCUT2D eigenvalue weighted by Gasteiger charge is -2.02. The van der Waals surface area contributed by atoms with Crippen molar-refractivity contribution in [3.05, 3.63) is 10.4 Å². The molecule has 0 bridgehead atoms. The average molecular weight is 195 g/mol. The third kappa shape index (κ3) is 1.64. The maximum Gasteiger partial charge on any atom is 0.260 e. The molecule has 0 aromatic carbocycles. The van der Waals surface area contributed by atoms with Gasteiger partial charge in [-0.15, -0.1) is 0 Å². The number of nitrogens with zero attached hydrogens (tertiary/aromatic N) is 2. The number of aromatic hydroxyl groups is 1. The van der Waals surface area contributed by atoms with Crippen molar-refractivity contribution in [2.24, 2.45) is 0 Å². The minimum absolute atomic E-state index is 0.00926. The van der Waals surface area contributed by atoms with Gasteiger partial charge in [-0.05, 0) is 11.6 Å². The highest BCUT2D eigenvalue weighted by molar-refractivity contribution is 6.33. The molecule has 0 aliphatic heterocycles. The second kappa shape index (κ2) is 3.11. The molecule has 1 N–H and O–H groups in total.